The Labute approximate surface area is 208 Å². The Kier molecular flexibility index (Phi) is 6.10. The Morgan fingerprint density at radius 3 is 2.56 bits per heavy atom. The second-order valence-electron chi connectivity index (χ2n) is 10.1. The molecule has 0 atom stereocenters. The number of nitrogens with one attached hydrogen (secondary N) is 1. The third-order valence-electron chi connectivity index (χ3n) is 6.39. The van der Waals surface area contributed by atoms with Crippen LogP contribution in [0.2, 0.25) is 0 Å². The van der Waals surface area contributed by atoms with Crippen molar-refractivity contribution in [3.05, 3.63) is 58.7 Å². The van der Waals surface area contributed by atoms with Gasteiger partial charge in [-0.3, -0.25) is 15.0 Å². The van der Waals surface area contributed by atoms with Gasteiger partial charge in [0.1, 0.15) is 18.1 Å². The van der Waals surface area contributed by atoms with E-state index in [0.29, 0.717) is 34.8 Å². The zero-order valence-electron chi connectivity index (χ0n) is 19.5. The van der Waals surface area contributed by atoms with Crippen molar-refractivity contribution >= 4 is 45.6 Å². The van der Waals surface area contributed by atoms with Crippen molar-refractivity contribution < 1.29 is 14.7 Å². The Morgan fingerprint density at radius 2 is 1.91 bits per heavy atom. The molecule has 1 fully saturated rings. The van der Waals surface area contributed by atoms with Crippen molar-refractivity contribution in [1.82, 2.24) is 19.4 Å². The summed E-state index contributed by atoms with van der Waals surface area (Å²) >= 11 is 0. The van der Waals surface area contributed by atoms with Crippen LogP contribution in [0.1, 0.15) is 72.4 Å². The second kappa shape index (κ2) is 8.61. The SMILES string of the molecule is Br.CC(C)(C)c1cc(C(=O)CN2Cc3ccc(C4CC4)nc3C2=N)cc2c1ncn2CC(=O)O. The van der Waals surface area contributed by atoms with Crippen molar-refractivity contribution in [2.24, 2.45) is 0 Å². The smallest absolute Gasteiger partial charge is 0.323 e. The number of hydrogen-bond donors (Lipinski definition) is 2. The molecule has 3 aromatic rings. The number of benzene rings is 1. The molecule has 2 aliphatic rings. The van der Waals surface area contributed by atoms with Gasteiger partial charge in [-0.05, 0) is 42.0 Å². The van der Waals surface area contributed by atoms with Crippen LogP contribution in [0.5, 0.6) is 0 Å². The van der Waals surface area contributed by atoms with Crippen molar-refractivity contribution in [2.75, 3.05) is 6.54 Å². The molecule has 5 rings (SSSR count). The molecule has 0 bridgehead atoms. The summed E-state index contributed by atoms with van der Waals surface area (Å²) < 4.78 is 1.56. The zero-order valence-corrected chi connectivity index (χ0v) is 21.2. The molecule has 3 heterocycles. The van der Waals surface area contributed by atoms with Gasteiger partial charge in [-0.1, -0.05) is 26.8 Å². The molecule has 2 N–H and O–H groups in total. The lowest BCUT2D eigenvalue weighted by Crippen LogP contribution is -2.30. The van der Waals surface area contributed by atoms with Crippen LogP contribution < -0.4 is 0 Å². The first-order valence-corrected chi connectivity index (χ1v) is 11.2. The molecule has 8 nitrogen and oxygen atoms in total. The highest BCUT2D eigenvalue weighted by atomic mass is 79.9. The van der Waals surface area contributed by atoms with Crippen molar-refractivity contribution in [3.63, 3.8) is 0 Å². The molecule has 1 aliphatic heterocycles. The normalized spacial score (nSPS) is 15.4. The quantitative estimate of drug-likeness (QED) is 0.464. The van der Waals surface area contributed by atoms with Gasteiger partial charge >= 0.3 is 5.97 Å². The molecule has 0 unspecified atom stereocenters. The van der Waals surface area contributed by atoms with E-state index in [1.807, 2.05) is 39.0 Å². The van der Waals surface area contributed by atoms with Crippen LogP contribution in [-0.4, -0.2) is 48.7 Å². The lowest BCUT2D eigenvalue weighted by molar-refractivity contribution is -0.137. The fourth-order valence-corrected chi connectivity index (χ4v) is 4.44. The maximum absolute atomic E-state index is 13.4. The van der Waals surface area contributed by atoms with Gasteiger partial charge in [0.15, 0.2) is 5.78 Å². The minimum absolute atomic E-state index is 0. The summed E-state index contributed by atoms with van der Waals surface area (Å²) in [5, 5.41) is 17.9. The van der Waals surface area contributed by atoms with E-state index < -0.39 is 5.97 Å². The molecular formula is C25H28BrN5O3. The highest BCUT2D eigenvalue weighted by Gasteiger charge is 2.31. The molecule has 0 spiro atoms. The van der Waals surface area contributed by atoms with E-state index in [1.165, 1.54) is 6.33 Å². The number of halogens is 1. The number of amidine groups is 1. The summed E-state index contributed by atoms with van der Waals surface area (Å²) in [4.78, 5) is 35.6. The van der Waals surface area contributed by atoms with E-state index in [2.05, 4.69) is 4.98 Å². The minimum Gasteiger partial charge on any atom is -0.480 e. The number of carboxylic acid groups (broad SMARTS) is 1. The molecule has 34 heavy (non-hydrogen) atoms. The van der Waals surface area contributed by atoms with E-state index in [4.69, 9.17) is 10.4 Å². The van der Waals surface area contributed by atoms with Crippen molar-refractivity contribution in [3.8, 4) is 0 Å². The Balaban J connectivity index is 0.00000274. The number of carbonyl (C=O) groups excluding carboxylic acids is 1. The fraction of sp³-hybridized carbons (Fsp3) is 0.400. The molecule has 178 valence electrons. The Morgan fingerprint density at radius 1 is 1.18 bits per heavy atom. The van der Waals surface area contributed by atoms with Gasteiger partial charge in [0.05, 0.1) is 23.9 Å². The van der Waals surface area contributed by atoms with Gasteiger partial charge in [0.2, 0.25) is 0 Å². The number of carbonyl (C=O) groups is 2. The summed E-state index contributed by atoms with van der Waals surface area (Å²) in [5.41, 5.74) is 5.13. The molecule has 0 saturated heterocycles. The van der Waals surface area contributed by atoms with Gasteiger partial charge in [-0.15, -0.1) is 17.0 Å². The third kappa shape index (κ3) is 4.36. The molecule has 0 radical (unpaired) electrons. The Hall–Kier alpha value is -3.07. The summed E-state index contributed by atoms with van der Waals surface area (Å²) in [6, 6.07) is 7.66. The second-order valence-corrected chi connectivity index (χ2v) is 10.1. The van der Waals surface area contributed by atoms with Crippen LogP contribution in [0.15, 0.2) is 30.6 Å². The lowest BCUT2D eigenvalue weighted by atomic mass is 9.84. The van der Waals surface area contributed by atoms with Crippen molar-refractivity contribution in [1.29, 1.82) is 5.41 Å². The molecule has 0 amide bonds. The van der Waals surface area contributed by atoms with Crippen LogP contribution in [-0.2, 0) is 23.3 Å². The number of aliphatic carboxylic acids is 1. The van der Waals surface area contributed by atoms with Crippen LogP contribution in [0.25, 0.3) is 11.0 Å². The van der Waals surface area contributed by atoms with E-state index in [9.17, 15) is 14.7 Å². The van der Waals surface area contributed by atoms with E-state index >= 15 is 0 Å². The number of Topliss-reactive ketones (excluding diaryl/α,β-unsaturated/α-hetero) is 1. The Bertz CT molecular complexity index is 1320. The molecule has 1 aliphatic carbocycles. The first kappa shape index (κ1) is 24.1. The molecule has 1 aromatic carbocycles. The van der Waals surface area contributed by atoms with Gasteiger partial charge in [-0.25, -0.2) is 9.97 Å². The number of nitrogens with zero attached hydrogens (tertiary/aromatic N) is 4. The highest BCUT2D eigenvalue weighted by Crippen LogP contribution is 2.40. The highest BCUT2D eigenvalue weighted by molar-refractivity contribution is 8.93. The third-order valence-corrected chi connectivity index (χ3v) is 6.39. The average molecular weight is 526 g/mol. The first-order valence-electron chi connectivity index (χ1n) is 11.2. The number of pyridine rings is 1. The number of fused-ring (bicyclic) bond motifs is 2. The predicted molar refractivity (Wildman–Crippen MR) is 134 cm³/mol. The van der Waals surface area contributed by atoms with Crippen LogP contribution in [0.3, 0.4) is 0 Å². The summed E-state index contributed by atoms with van der Waals surface area (Å²) in [6.07, 6.45) is 3.81. The number of aromatic nitrogens is 3. The van der Waals surface area contributed by atoms with Crippen molar-refractivity contribution in [2.45, 2.75) is 58.0 Å². The van der Waals surface area contributed by atoms with Gasteiger partial charge in [0.25, 0.3) is 0 Å². The number of imidazole rings is 1. The molecule has 2 aromatic heterocycles. The standard InChI is InChI=1S/C25H27N5O3.BrH/c1-25(2,3)17-8-16(9-19-23(17)27-13-30(19)12-21(32)33)20(31)11-29-10-15-6-7-18(14-4-5-14)28-22(15)24(29)26;/h6-9,13-14,26H,4-5,10-12H2,1-3H3,(H,32,33);1H. The van der Waals surface area contributed by atoms with Gasteiger partial charge in [-0.2, -0.15) is 0 Å². The summed E-state index contributed by atoms with van der Waals surface area (Å²) in [6.45, 7) is 6.46. The van der Waals surface area contributed by atoms with Crippen LogP contribution in [0, 0.1) is 5.41 Å². The summed E-state index contributed by atoms with van der Waals surface area (Å²) in [7, 11) is 0. The molecular weight excluding hydrogens is 498 g/mol. The van der Waals surface area contributed by atoms with E-state index in [0.717, 1.165) is 29.7 Å². The maximum Gasteiger partial charge on any atom is 0.323 e. The zero-order chi connectivity index (χ0) is 23.5. The summed E-state index contributed by atoms with van der Waals surface area (Å²) in [5.74, 6) is -0.291. The number of carboxylic acids is 1. The largest absolute Gasteiger partial charge is 0.480 e. The fourth-order valence-electron chi connectivity index (χ4n) is 4.44. The van der Waals surface area contributed by atoms with Crippen LogP contribution >= 0.6 is 17.0 Å². The van der Waals surface area contributed by atoms with Gasteiger partial charge < -0.3 is 14.6 Å². The molecule has 1 saturated carbocycles. The number of hydrogen-bond acceptors (Lipinski definition) is 5. The number of ketones is 1. The number of rotatable bonds is 6. The molecule has 9 heteroatoms. The first-order chi connectivity index (χ1) is 15.6. The minimum atomic E-state index is -0.968. The maximum atomic E-state index is 13.4. The van der Waals surface area contributed by atoms with Gasteiger partial charge in [0, 0.05) is 29.3 Å². The lowest BCUT2D eigenvalue weighted by Gasteiger charge is -2.22. The average Bonchev–Trinajstić information content (AvgIpc) is 3.46. The van der Waals surface area contributed by atoms with E-state index in [1.54, 1.807) is 15.5 Å². The monoisotopic (exact) mass is 525 g/mol. The topological polar surface area (TPSA) is 112 Å². The van der Waals surface area contributed by atoms with Crippen LogP contribution in [0.4, 0.5) is 0 Å². The predicted octanol–water partition coefficient (Wildman–Crippen LogP) is 4.29. The van der Waals surface area contributed by atoms with E-state index in [-0.39, 0.29) is 47.1 Å².